The lowest BCUT2D eigenvalue weighted by molar-refractivity contribution is -0.0107. The number of anilines is 1. The van der Waals surface area contributed by atoms with E-state index in [1.807, 2.05) is 12.1 Å². The molecule has 4 aliphatic rings. The first-order valence-electron chi connectivity index (χ1n) is 8.96. The van der Waals surface area contributed by atoms with E-state index in [4.69, 9.17) is 11.6 Å². The molecule has 1 heterocycles. The van der Waals surface area contributed by atoms with Gasteiger partial charge in [-0.2, -0.15) is 0 Å². The fourth-order valence-electron chi connectivity index (χ4n) is 4.75. The van der Waals surface area contributed by atoms with E-state index in [2.05, 4.69) is 41.9 Å². The fraction of sp³-hybridized carbons (Fsp3) is 0.600. The molecule has 3 aliphatic carbocycles. The van der Waals surface area contributed by atoms with Crippen molar-refractivity contribution in [3.8, 4) is 0 Å². The van der Waals surface area contributed by atoms with Gasteiger partial charge in [0.2, 0.25) is 0 Å². The maximum Gasteiger partial charge on any atom is 0.0426 e. The van der Waals surface area contributed by atoms with Crippen LogP contribution in [0.1, 0.15) is 26.7 Å². The summed E-state index contributed by atoms with van der Waals surface area (Å²) in [5, 5.41) is 0.832. The highest BCUT2D eigenvalue weighted by Gasteiger charge is 2.51. The Hall–Kier alpha value is -0.990. The van der Waals surface area contributed by atoms with Crippen molar-refractivity contribution in [1.82, 2.24) is 4.90 Å². The topological polar surface area (TPSA) is 6.48 Å². The molecule has 1 saturated carbocycles. The van der Waals surface area contributed by atoms with Crippen molar-refractivity contribution in [3.05, 3.63) is 40.9 Å². The Bertz CT molecular complexity index is 614. The third-order valence-electron chi connectivity index (χ3n) is 6.53. The van der Waals surface area contributed by atoms with Crippen LogP contribution >= 0.6 is 11.6 Å². The van der Waals surface area contributed by atoms with E-state index >= 15 is 0 Å². The van der Waals surface area contributed by atoms with Gasteiger partial charge in [-0.25, -0.2) is 0 Å². The van der Waals surface area contributed by atoms with Gasteiger partial charge in [0.25, 0.3) is 0 Å². The molecule has 2 unspecified atom stereocenters. The van der Waals surface area contributed by atoms with Gasteiger partial charge in [-0.05, 0) is 48.3 Å². The molecule has 0 N–H and O–H groups in total. The molecule has 23 heavy (non-hydrogen) atoms. The third kappa shape index (κ3) is 2.81. The van der Waals surface area contributed by atoms with Crippen LogP contribution in [0.5, 0.6) is 0 Å². The van der Waals surface area contributed by atoms with E-state index in [1.54, 1.807) is 5.57 Å². The van der Waals surface area contributed by atoms with Gasteiger partial charge in [-0.1, -0.05) is 43.2 Å². The van der Waals surface area contributed by atoms with Gasteiger partial charge in [0, 0.05) is 43.4 Å². The lowest BCUT2D eigenvalue weighted by Crippen LogP contribution is -2.52. The monoisotopic (exact) mass is 330 g/mol. The summed E-state index contributed by atoms with van der Waals surface area (Å²) in [7, 11) is 0. The number of rotatable bonds is 3. The molecule has 0 spiro atoms. The first-order chi connectivity index (χ1) is 11.0. The van der Waals surface area contributed by atoms with Crippen LogP contribution in [0, 0.1) is 17.3 Å². The van der Waals surface area contributed by atoms with E-state index in [1.165, 1.54) is 25.1 Å². The average Bonchev–Trinajstić information content (AvgIpc) is 2.55. The van der Waals surface area contributed by atoms with Crippen LogP contribution in [0.25, 0.3) is 0 Å². The Balaban J connectivity index is 1.35. The molecule has 1 saturated heterocycles. The van der Waals surface area contributed by atoms with Crippen LogP contribution in [0.15, 0.2) is 35.9 Å². The van der Waals surface area contributed by atoms with Crippen molar-refractivity contribution >= 4 is 17.3 Å². The first-order valence-corrected chi connectivity index (χ1v) is 9.33. The highest BCUT2D eigenvalue weighted by molar-refractivity contribution is 6.30. The molecule has 2 bridgehead atoms. The van der Waals surface area contributed by atoms with Crippen molar-refractivity contribution < 1.29 is 0 Å². The second kappa shape index (κ2) is 5.82. The zero-order chi connectivity index (χ0) is 16.0. The Kier molecular flexibility index (Phi) is 3.93. The lowest BCUT2D eigenvalue weighted by Gasteiger charge is -2.57. The van der Waals surface area contributed by atoms with Gasteiger partial charge in [0.1, 0.15) is 0 Å². The third-order valence-corrected chi connectivity index (χ3v) is 6.77. The predicted molar refractivity (Wildman–Crippen MR) is 98.2 cm³/mol. The SMILES string of the molecule is CC1(C)C2CC=C(CN3CCN(c4cccc(Cl)c4)CC3)C1C2. The molecule has 2 fully saturated rings. The Morgan fingerprint density at radius 3 is 2.61 bits per heavy atom. The number of halogens is 1. The Morgan fingerprint density at radius 2 is 1.96 bits per heavy atom. The number of hydrogen-bond acceptors (Lipinski definition) is 2. The average molecular weight is 331 g/mol. The zero-order valence-electron chi connectivity index (χ0n) is 14.3. The maximum atomic E-state index is 6.12. The molecule has 1 aliphatic heterocycles. The smallest absolute Gasteiger partial charge is 0.0426 e. The lowest BCUT2D eigenvalue weighted by atomic mass is 9.49. The van der Waals surface area contributed by atoms with Gasteiger partial charge < -0.3 is 4.90 Å². The minimum absolute atomic E-state index is 0.548. The quantitative estimate of drug-likeness (QED) is 0.755. The van der Waals surface area contributed by atoms with Crippen molar-refractivity contribution in [1.29, 1.82) is 0 Å². The van der Waals surface area contributed by atoms with E-state index < -0.39 is 0 Å². The summed E-state index contributed by atoms with van der Waals surface area (Å²) in [5.41, 5.74) is 3.53. The molecule has 2 nitrogen and oxygen atoms in total. The molecule has 0 aromatic heterocycles. The summed E-state index contributed by atoms with van der Waals surface area (Å²) in [6, 6.07) is 8.25. The number of nitrogens with zero attached hydrogens (tertiary/aromatic N) is 2. The standard InChI is InChI=1S/C20H27ClN2/c1-20(2)16-7-6-15(19(20)12-16)14-22-8-10-23(11-9-22)18-5-3-4-17(21)13-18/h3-6,13,16,19H,7-12,14H2,1-2H3. The second-order valence-corrected chi connectivity index (χ2v) is 8.50. The molecule has 5 rings (SSSR count). The van der Waals surface area contributed by atoms with Gasteiger partial charge in [0.05, 0.1) is 0 Å². The summed E-state index contributed by atoms with van der Waals surface area (Å²) in [6.45, 7) is 10.6. The van der Waals surface area contributed by atoms with Crippen LogP contribution in [0.4, 0.5) is 5.69 Å². The van der Waals surface area contributed by atoms with Crippen LogP contribution in [0.3, 0.4) is 0 Å². The van der Waals surface area contributed by atoms with Gasteiger partial charge >= 0.3 is 0 Å². The van der Waals surface area contributed by atoms with Gasteiger partial charge in [-0.3, -0.25) is 4.90 Å². The molecule has 0 amide bonds. The normalized spacial score (nSPS) is 29.9. The zero-order valence-corrected chi connectivity index (χ0v) is 15.0. The van der Waals surface area contributed by atoms with Gasteiger partial charge in [-0.15, -0.1) is 0 Å². The highest BCUT2D eigenvalue weighted by atomic mass is 35.5. The number of allylic oxidation sites excluding steroid dienone is 1. The Labute approximate surface area is 145 Å². The van der Waals surface area contributed by atoms with Crippen molar-refractivity contribution in [2.45, 2.75) is 26.7 Å². The van der Waals surface area contributed by atoms with Gasteiger partial charge in [0.15, 0.2) is 0 Å². The largest absolute Gasteiger partial charge is 0.369 e. The molecular weight excluding hydrogens is 304 g/mol. The minimum Gasteiger partial charge on any atom is -0.369 e. The van der Waals surface area contributed by atoms with Crippen LogP contribution in [-0.4, -0.2) is 37.6 Å². The van der Waals surface area contributed by atoms with E-state index in [-0.39, 0.29) is 0 Å². The number of benzene rings is 1. The van der Waals surface area contributed by atoms with E-state index in [9.17, 15) is 0 Å². The number of fused-ring (bicyclic) bond motifs is 1. The highest BCUT2D eigenvalue weighted by Crippen LogP contribution is 2.59. The summed E-state index contributed by atoms with van der Waals surface area (Å²) in [6.07, 6.45) is 5.29. The van der Waals surface area contributed by atoms with Crippen molar-refractivity contribution in [2.75, 3.05) is 37.6 Å². The maximum absolute atomic E-state index is 6.12. The fourth-order valence-corrected chi connectivity index (χ4v) is 4.94. The Morgan fingerprint density at radius 1 is 1.17 bits per heavy atom. The first kappa shape index (κ1) is 15.5. The number of hydrogen-bond donors (Lipinski definition) is 0. The van der Waals surface area contributed by atoms with E-state index in [0.29, 0.717) is 5.41 Å². The van der Waals surface area contributed by atoms with Crippen LogP contribution in [0.2, 0.25) is 5.02 Å². The molecule has 1 aromatic carbocycles. The van der Waals surface area contributed by atoms with Crippen molar-refractivity contribution in [2.24, 2.45) is 17.3 Å². The summed E-state index contributed by atoms with van der Waals surface area (Å²) >= 11 is 6.12. The predicted octanol–water partition coefficient (Wildman–Crippen LogP) is 4.45. The molecule has 1 aromatic rings. The van der Waals surface area contributed by atoms with Crippen molar-refractivity contribution in [3.63, 3.8) is 0 Å². The number of piperazine rings is 1. The summed E-state index contributed by atoms with van der Waals surface area (Å²) < 4.78 is 0. The molecule has 3 heteroatoms. The summed E-state index contributed by atoms with van der Waals surface area (Å²) in [5.74, 6) is 1.78. The minimum atomic E-state index is 0.548. The second-order valence-electron chi connectivity index (χ2n) is 8.06. The molecule has 2 atom stereocenters. The molecular formula is C20H27ClN2. The van der Waals surface area contributed by atoms with Crippen LogP contribution in [-0.2, 0) is 0 Å². The molecule has 124 valence electrons. The van der Waals surface area contributed by atoms with Crippen LogP contribution < -0.4 is 4.90 Å². The molecule has 0 radical (unpaired) electrons. The van der Waals surface area contributed by atoms with E-state index in [0.717, 1.165) is 43.0 Å². The summed E-state index contributed by atoms with van der Waals surface area (Å²) in [4.78, 5) is 5.10.